The molecule has 0 fully saturated rings. The SMILES string of the molecule is O=C(c1ccc(F)cc1)c1cccc(S(=O)(=O)Cl)c1. The molecule has 2 rings (SSSR count). The second kappa shape index (κ2) is 5.11. The van der Waals surface area contributed by atoms with Crippen LogP contribution in [0.3, 0.4) is 0 Å². The lowest BCUT2D eigenvalue weighted by Crippen LogP contribution is -2.02. The zero-order chi connectivity index (χ0) is 14.0. The average Bonchev–Trinajstić information content (AvgIpc) is 2.38. The molecule has 2 aromatic carbocycles. The van der Waals surface area contributed by atoms with Crippen LogP contribution in [0.4, 0.5) is 4.39 Å². The molecule has 0 N–H and O–H groups in total. The summed E-state index contributed by atoms with van der Waals surface area (Å²) in [5, 5.41) is 0. The molecule has 98 valence electrons. The van der Waals surface area contributed by atoms with Gasteiger partial charge in [-0.2, -0.15) is 0 Å². The normalized spacial score (nSPS) is 11.3. The highest BCUT2D eigenvalue weighted by Crippen LogP contribution is 2.18. The molecule has 2 aromatic rings. The zero-order valence-electron chi connectivity index (χ0n) is 9.51. The number of halogens is 2. The summed E-state index contributed by atoms with van der Waals surface area (Å²) in [7, 11) is 1.33. The Morgan fingerprint density at radius 1 is 1.00 bits per heavy atom. The van der Waals surface area contributed by atoms with Crippen molar-refractivity contribution in [3.8, 4) is 0 Å². The number of ketones is 1. The molecule has 0 heterocycles. The van der Waals surface area contributed by atoms with Gasteiger partial charge in [0.25, 0.3) is 9.05 Å². The van der Waals surface area contributed by atoms with Crippen LogP contribution >= 0.6 is 10.7 Å². The van der Waals surface area contributed by atoms with Crippen LogP contribution in [0.15, 0.2) is 53.4 Å². The Hall–Kier alpha value is -1.72. The molecular formula is C13H8ClFO3S. The standard InChI is InChI=1S/C13H8ClFO3S/c14-19(17,18)12-3-1-2-10(8-12)13(16)9-4-6-11(15)7-5-9/h1-8H. The van der Waals surface area contributed by atoms with E-state index in [0.717, 1.165) is 12.1 Å². The Bertz CT molecular complexity index is 724. The van der Waals surface area contributed by atoms with Crippen LogP contribution in [0.2, 0.25) is 0 Å². The summed E-state index contributed by atoms with van der Waals surface area (Å²) in [6, 6.07) is 10.4. The van der Waals surface area contributed by atoms with Gasteiger partial charge in [-0.15, -0.1) is 0 Å². The van der Waals surface area contributed by atoms with E-state index in [1.54, 1.807) is 0 Å². The van der Waals surface area contributed by atoms with Crippen LogP contribution < -0.4 is 0 Å². The van der Waals surface area contributed by atoms with E-state index < -0.39 is 20.7 Å². The van der Waals surface area contributed by atoms with Crippen LogP contribution in [0.25, 0.3) is 0 Å². The smallest absolute Gasteiger partial charge is 0.261 e. The van der Waals surface area contributed by atoms with Gasteiger partial charge in [0.1, 0.15) is 5.82 Å². The summed E-state index contributed by atoms with van der Waals surface area (Å²) in [5.41, 5.74) is 0.443. The molecule has 6 heteroatoms. The maximum Gasteiger partial charge on any atom is 0.261 e. The van der Waals surface area contributed by atoms with Crippen molar-refractivity contribution in [1.29, 1.82) is 0 Å². The maximum absolute atomic E-state index is 12.8. The van der Waals surface area contributed by atoms with Crippen LogP contribution in [0.5, 0.6) is 0 Å². The Balaban J connectivity index is 2.42. The van der Waals surface area contributed by atoms with Gasteiger partial charge in [0.15, 0.2) is 5.78 Å². The first kappa shape index (κ1) is 13.7. The number of rotatable bonds is 3. The third-order valence-electron chi connectivity index (χ3n) is 2.48. The number of hydrogen-bond acceptors (Lipinski definition) is 3. The predicted molar refractivity (Wildman–Crippen MR) is 69.3 cm³/mol. The Morgan fingerprint density at radius 3 is 2.21 bits per heavy atom. The van der Waals surface area contributed by atoms with E-state index in [-0.39, 0.29) is 16.0 Å². The molecule has 0 unspecified atom stereocenters. The molecule has 0 bridgehead atoms. The first-order valence-electron chi connectivity index (χ1n) is 5.23. The van der Waals surface area contributed by atoms with E-state index in [2.05, 4.69) is 0 Å². The number of carbonyl (C=O) groups is 1. The highest BCUT2D eigenvalue weighted by atomic mass is 35.7. The van der Waals surface area contributed by atoms with E-state index in [1.807, 2.05) is 0 Å². The van der Waals surface area contributed by atoms with Gasteiger partial charge in [0.2, 0.25) is 0 Å². The van der Waals surface area contributed by atoms with E-state index in [1.165, 1.54) is 36.4 Å². The van der Waals surface area contributed by atoms with Crippen LogP contribution in [-0.2, 0) is 9.05 Å². The lowest BCUT2D eigenvalue weighted by Gasteiger charge is -2.03. The molecule has 0 aliphatic heterocycles. The maximum atomic E-state index is 12.8. The number of benzene rings is 2. The topological polar surface area (TPSA) is 51.2 Å². The Labute approximate surface area is 114 Å². The molecule has 0 saturated heterocycles. The molecule has 3 nitrogen and oxygen atoms in total. The van der Waals surface area contributed by atoms with E-state index in [4.69, 9.17) is 10.7 Å². The Kier molecular flexibility index (Phi) is 3.68. The van der Waals surface area contributed by atoms with E-state index >= 15 is 0 Å². The molecule has 0 aliphatic rings. The van der Waals surface area contributed by atoms with E-state index in [0.29, 0.717) is 0 Å². The van der Waals surface area contributed by atoms with Crippen molar-refractivity contribution in [3.05, 3.63) is 65.5 Å². The van der Waals surface area contributed by atoms with E-state index in [9.17, 15) is 17.6 Å². The number of carbonyl (C=O) groups excluding carboxylic acids is 1. The lowest BCUT2D eigenvalue weighted by atomic mass is 10.0. The quantitative estimate of drug-likeness (QED) is 0.646. The third kappa shape index (κ3) is 3.19. The van der Waals surface area contributed by atoms with Crippen LogP contribution in [0, 0.1) is 5.82 Å². The predicted octanol–water partition coefficient (Wildman–Crippen LogP) is 2.98. The largest absolute Gasteiger partial charge is 0.289 e. The minimum absolute atomic E-state index is 0.151. The minimum atomic E-state index is -3.89. The first-order chi connectivity index (χ1) is 8.88. The second-order valence-corrected chi connectivity index (χ2v) is 6.37. The first-order valence-corrected chi connectivity index (χ1v) is 7.54. The highest BCUT2D eigenvalue weighted by Gasteiger charge is 2.14. The molecule has 0 saturated carbocycles. The molecule has 0 aliphatic carbocycles. The zero-order valence-corrected chi connectivity index (χ0v) is 11.1. The van der Waals surface area contributed by atoms with Crippen molar-refractivity contribution in [2.45, 2.75) is 4.90 Å². The van der Waals surface area contributed by atoms with Crippen LogP contribution in [-0.4, -0.2) is 14.2 Å². The molecule has 19 heavy (non-hydrogen) atoms. The summed E-state index contributed by atoms with van der Waals surface area (Å²) >= 11 is 0. The fraction of sp³-hybridized carbons (Fsp3) is 0. The number of hydrogen-bond donors (Lipinski definition) is 0. The minimum Gasteiger partial charge on any atom is -0.289 e. The summed E-state index contributed by atoms with van der Waals surface area (Å²) in [6.07, 6.45) is 0. The van der Waals surface area contributed by atoms with Crippen molar-refractivity contribution in [2.75, 3.05) is 0 Å². The average molecular weight is 299 g/mol. The molecule has 0 radical (unpaired) electrons. The summed E-state index contributed by atoms with van der Waals surface area (Å²) in [4.78, 5) is 11.9. The van der Waals surface area contributed by atoms with Gasteiger partial charge < -0.3 is 0 Å². The van der Waals surface area contributed by atoms with Crippen LogP contribution in [0.1, 0.15) is 15.9 Å². The third-order valence-corrected chi connectivity index (χ3v) is 3.84. The fourth-order valence-corrected chi connectivity index (χ4v) is 2.35. The molecular weight excluding hydrogens is 291 g/mol. The van der Waals surface area contributed by atoms with Crippen molar-refractivity contribution in [2.24, 2.45) is 0 Å². The fourth-order valence-electron chi connectivity index (χ4n) is 1.56. The van der Waals surface area contributed by atoms with Crippen molar-refractivity contribution in [1.82, 2.24) is 0 Å². The van der Waals surface area contributed by atoms with Gasteiger partial charge in [0.05, 0.1) is 4.90 Å². The lowest BCUT2D eigenvalue weighted by molar-refractivity contribution is 0.103. The van der Waals surface area contributed by atoms with Gasteiger partial charge in [-0.3, -0.25) is 4.79 Å². The summed E-state index contributed by atoms with van der Waals surface area (Å²) in [6.45, 7) is 0. The highest BCUT2D eigenvalue weighted by molar-refractivity contribution is 8.13. The van der Waals surface area contributed by atoms with Gasteiger partial charge in [-0.25, -0.2) is 12.8 Å². The van der Waals surface area contributed by atoms with Gasteiger partial charge >= 0.3 is 0 Å². The Morgan fingerprint density at radius 2 is 1.63 bits per heavy atom. The van der Waals surface area contributed by atoms with Gasteiger partial charge in [0, 0.05) is 21.8 Å². The van der Waals surface area contributed by atoms with Crippen molar-refractivity contribution < 1.29 is 17.6 Å². The van der Waals surface area contributed by atoms with Crippen molar-refractivity contribution >= 4 is 25.5 Å². The monoisotopic (exact) mass is 298 g/mol. The molecule has 0 spiro atoms. The summed E-state index contributed by atoms with van der Waals surface area (Å²) < 4.78 is 35.2. The second-order valence-electron chi connectivity index (χ2n) is 3.80. The summed E-state index contributed by atoms with van der Waals surface area (Å²) in [5.74, 6) is -0.851. The molecule has 0 aromatic heterocycles. The van der Waals surface area contributed by atoms with Gasteiger partial charge in [-0.1, -0.05) is 12.1 Å². The molecule has 0 amide bonds. The molecule has 0 atom stereocenters. The van der Waals surface area contributed by atoms with Gasteiger partial charge in [-0.05, 0) is 36.4 Å². The van der Waals surface area contributed by atoms with Crippen molar-refractivity contribution in [3.63, 3.8) is 0 Å².